The average Bonchev–Trinajstić information content (AvgIpc) is 2.84. The van der Waals surface area contributed by atoms with Crippen molar-refractivity contribution >= 4 is 5.91 Å². The van der Waals surface area contributed by atoms with Crippen molar-refractivity contribution in [1.29, 1.82) is 0 Å². The Kier molecular flexibility index (Phi) is 5.65. The van der Waals surface area contributed by atoms with Crippen LogP contribution in [0.25, 0.3) is 0 Å². The summed E-state index contributed by atoms with van der Waals surface area (Å²) in [5.74, 6) is 0.0797. The van der Waals surface area contributed by atoms with Crippen molar-refractivity contribution < 1.29 is 4.79 Å². The van der Waals surface area contributed by atoms with E-state index in [4.69, 9.17) is 0 Å². The largest absolute Gasteiger partial charge is 0.336 e. The molecule has 1 saturated heterocycles. The predicted octanol–water partition coefficient (Wildman–Crippen LogP) is 2.77. The van der Waals surface area contributed by atoms with Gasteiger partial charge in [-0.15, -0.1) is 0 Å². The third-order valence-corrected chi connectivity index (χ3v) is 5.07. The topological polar surface area (TPSA) is 54.3 Å². The van der Waals surface area contributed by atoms with Crippen LogP contribution >= 0.6 is 0 Å². The van der Waals surface area contributed by atoms with E-state index in [1.807, 2.05) is 31.0 Å². The number of aromatic nitrogens is 3. The van der Waals surface area contributed by atoms with Crippen molar-refractivity contribution in [2.24, 2.45) is 7.05 Å². The summed E-state index contributed by atoms with van der Waals surface area (Å²) in [6.07, 6.45) is 0.974. The minimum atomic E-state index is -0.0628. The van der Waals surface area contributed by atoms with Crippen LogP contribution in [0, 0.1) is 6.92 Å². The molecule has 0 aromatic carbocycles. The summed E-state index contributed by atoms with van der Waals surface area (Å²) < 4.78 is 1.72. The fourth-order valence-corrected chi connectivity index (χ4v) is 3.44. The molecule has 1 amide bonds. The molecule has 0 atom stereocenters. The van der Waals surface area contributed by atoms with E-state index in [0.29, 0.717) is 5.69 Å². The lowest BCUT2D eigenvalue weighted by molar-refractivity contribution is 0.0750. The van der Waals surface area contributed by atoms with Crippen molar-refractivity contribution in [1.82, 2.24) is 24.6 Å². The molecule has 3 heterocycles. The minimum absolute atomic E-state index is 0.0628. The number of carbonyl (C=O) groups excluding carboxylic acids is 1. The maximum Gasteiger partial charge on any atom is 0.272 e. The third kappa shape index (κ3) is 4.75. The lowest BCUT2D eigenvalue weighted by atomic mass is 9.92. The van der Waals surface area contributed by atoms with Crippen molar-refractivity contribution in [3.63, 3.8) is 0 Å². The first-order valence-corrected chi connectivity index (χ1v) is 9.73. The van der Waals surface area contributed by atoms with Crippen LogP contribution in [-0.4, -0.2) is 56.7 Å². The molecule has 1 aliphatic rings. The van der Waals surface area contributed by atoms with Crippen molar-refractivity contribution in [3.05, 3.63) is 47.0 Å². The quantitative estimate of drug-likeness (QED) is 0.835. The number of pyridine rings is 1. The van der Waals surface area contributed by atoms with Crippen LogP contribution in [0.3, 0.4) is 0 Å². The number of hydrogen-bond donors (Lipinski definition) is 0. The van der Waals surface area contributed by atoms with Gasteiger partial charge in [0.1, 0.15) is 5.69 Å². The molecule has 146 valence electrons. The number of carbonyl (C=O) groups is 1. The molecule has 3 rings (SSSR count). The van der Waals surface area contributed by atoms with E-state index in [2.05, 4.69) is 47.9 Å². The van der Waals surface area contributed by atoms with Crippen LogP contribution < -0.4 is 0 Å². The van der Waals surface area contributed by atoms with Crippen molar-refractivity contribution in [2.45, 2.75) is 46.1 Å². The highest BCUT2D eigenvalue weighted by Gasteiger charge is 2.26. The summed E-state index contributed by atoms with van der Waals surface area (Å²) in [7, 11) is 1.86. The van der Waals surface area contributed by atoms with Gasteiger partial charge in [0.15, 0.2) is 0 Å². The molecule has 1 aliphatic heterocycles. The summed E-state index contributed by atoms with van der Waals surface area (Å²) in [4.78, 5) is 22.0. The fraction of sp³-hybridized carbons (Fsp3) is 0.571. The van der Waals surface area contributed by atoms with E-state index in [9.17, 15) is 4.79 Å². The average molecular weight is 370 g/mol. The van der Waals surface area contributed by atoms with Crippen LogP contribution in [0.1, 0.15) is 54.8 Å². The van der Waals surface area contributed by atoms with Crippen LogP contribution in [-0.2, 0) is 19.0 Å². The van der Waals surface area contributed by atoms with Crippen LogP contribution in [0.15, 0.2) is 24.3 Å². The van der Waals surface area contributed by atoms with Gasteiger partial charge < -0.3 is 4.90 Å². The first-order valence-electron chi connectivity index (χ1n) is 9.73. The summed E-state index contributed by atoms with van der Waals surface area (Å²) in [6, 6.07) is 8.10. The van der Waals surface area contributed by atoms with Crippen LogP contribution in [0.5, 0.6) is 0 Å². The Morgan fingerprint density at radius 1 is 1.15 bits per heavy atom. The SMILES string of the molecule is Cc1cccc(CN2CCCN(C(=O)c3cc(C(C)(C)C)nn3C)CC2)n1. The van der Waals surface area contributed by atoms with Crippen LogP contribution in [0.2, 0.25) is 0 Å². The number of hydrogen-bond acceptors (Lipinski definition) is 4. The summed E-state index contributed by atoms with van der Waals surface area (Å²) in [6.45, 7) is 12.6. The lowest BCUT2D eigenvalue weighted by Crippen LogP contribution is -2.36. The molecule has 6 heteroatoms. The Bertz CT molecular complexity index is 805. The van der Waals surface area contributed by atoms with E-state index < -0.39 is 0 Å². The first kappa shape index (κ1) is 19.5. The first-order chi connectivity index (χ1) is 12.7. The minimum Gasteiger partial charge on any atom is -0.336 e. The van der Waals surface area contributed by atoms with Crippen LogP contribution in [0.4, 0.5) is 0 Å². The van der Waals surface area contributed by atoms with Gasteiger partial charge in [0.05, 0.1) is 11.4 Å². The Hall–Kier alpha value is -2.21. The lowest BCUT2D eigenvalue weighted by Gasteiger charge is -2.22. The zero-order chi connectivity index (χ0) is 19.6. The van der Waals surface area contributed by atoms with Crippen molar-refractivity contribution in [3.8, 4) is 0 Å². The van der Waals surface area contributed by atoms with Gasteiger partial charge in [-0.1, -0.05) is 26.8 Å². The van der Waals surface area contributed by atoms with Gasteiger partial charge >= 0.3 is 0 Å². The number of amides is 1. The van der Waals surface area contributed by atoms with Gasteiger partial charge in [0.2, 0.25) is 0 Å². The Morgan fingerprint density at radius 2 is 1.93 bits per heavy atom. The van der Waals surface area contributed by atoms with E-state index >= 15 is 0 Å². The fourth-order valence-electron chi connectivity index (χ4n) is 3.44. The summed E-state index contributed by atoms with van der Waals surface area (Å²) in [5, 5.41) is 4.55. The van der Waals surface area contributed by atoms with Gasteiger partial charge in [0, 0.05) is 50.9 Å². The second-order valence-corrected chi connectivity index (χ2v) is 8.48. The highest BCUT2D eigenvalue weighted by molar-refractivity contribution is 5.92. The smallest absolute Gasteiger partial charge is 0.272 e. The molecule has 0 aliphatic carbocycles. The zero-order valence-electron chi connectivity index (χ0n) is 17.2. The van der Waals surface area contributed by atoms with Gasteiger partial charge in [-0.2, -0.15) is 5.10 Å². The Balaban J connectivity index is 1.65. The highest BCUT2D eigenvalue weighted by Crippen LogP contribution is 2.22. The molecule has 2 aromatic heterocycles. The number of nitrogens with zero attached hydrogens (tertiary/aromatic N) is 5. The molecule has 0 spiro atoms. The summed E-state index contributed by atoms with van der Waals surface area (Å²) in [5.41, 5.74) is 3.71. The number of aryl methyl sites for hydroxylation is 2. The van der Waals surface area contributed by atoms with Gasteiger partial charge in [-0.25, -0.2) is 0 Å². The number of rotatable bonds is 3. The zero-order valence-corrected chi connectivity index (χ0v) is 17.2. The molecular formula is C21H31N5O. The molecule has 1 fully saturated rings. The second kappa shape index (κ2) is 7.80. The van der Waals surface area contributed by atoms with Gasteiger partial charge in [-0.05, 0) is 31.5 Å². The third-order valence-electron chi connectivity index (χ3n) is 5.07. The predicted molar refractivity (Wildman–Crippen MR) is 107 cm³/mol. The molecule has 0 bridgehead atoms. The molecule has 0 N–H and O–H groups in total. The standard InChI is InChI=1S/C21H31N5O/c1-16-8-6-9-17(22-16)15-25-10-7-11-26(13-12-25)20(27)18-14-19(21(2,3)4)23-24(18)5/h6,8-9,14H,7,10-13,15H2,1-5H3. The van der Waals surface area contributed by atoms with Gasteiger partial charge in [-0.3, -0.25) is 19.4 Å². The molecule has 2 aromatic rings. The van der Waals surface area contributed by atoms with E-state index in [1.54, 1.807) is 4.68 Å². The second-order valence-electron chi connectivity index (χ2n) is 8.48. The highest BCUT2D eigenvalue weighted by atomic mass is 16.2. The molecule has 6 nitrogen and oxygen atoms in total. The normalized spacial score (nSPS) is 16.4. The maximum atomic E-state index is 13.1. The summed E-state index contributed by atoms with van der Waals surface area (Å²) >= 11 is 0. The molecule has 0 unspecified atom stereocenters. The van der Waals surface area contributed by atoms with E-state index in [-0.39, 0.29) is 11.3 Å². The van der Waals surface area contributed by atoms with Gasteiger partial charge in [0.25, 0.3) is 5.91 Å². The molecular weight excluding hydrogens is 338 g/mol. The Labute approximate surface area is 162 Å². The molecule has 0 saturated carbocycles. The van der Waals surface area contributed by atoms with Crippen molar-refractivity contribution in [2.75, 3.05) is 26.2 Å². The maximum absolute atomic E-state index is 13.1. The van der Waals surface area contributed by atoms with E-state index in [1.165, 1.54) is 0 Å². The monoisotopic (exact) mass is 369 g/mol. The Morgan fingerprint density at radius 3 is 2.59 bits per heavy atom. The molecule has 27 heavy (non-hydrogen) atoms. The molecule has 0 radical (unpaired) electrons. The van der Waals surface area contributed by atoms with E-state index in [0.717, 1.165) is 56.2 Å².